The minimum atomic E-state index is -0.0392. The summed E-state index contributed by atoms with van der Waals surface area (Å²) in [5.74, 6) is 0.718. The number of halogens is 1. The van der Waals surface area contributed by atoms with Crippen LogP contribution in [0.25, 0.3) is 0 Å². The van der Waals surface area contributed by atoms with Crippen molar-refractivity contribution in [2.24, 2.45) is 0 Å². The van der Waals surface area contributed by atoms with Crippen molar-refractivity contribution in [1.29, 1.82) is 0 Å². The lowest BCUT2D eigenvalue weighted by atomic mass is 9.80. The number of rotatable bonds is 5. The molecule has 0 aromatic carbocycles. The second kappa shape index (κ2) is 5.06. The normalized spacial score (nSPS) is 17.4. The number of aromatic nitrogens is 2. The Morgan fingerprint density at radius 1 is 1.47 bits per heavy atom. The molecule has 1 aromatic heterocycles. The van der Waals surface area contributed by atoms with Gasteiger partial charge in [-0.25, -0.2) is 9.97 Å². The van der Waals surface area contributed by atoms with Crippen LogP contribution in [0.4, 0.5) is 11.5 Å². The van der Waals surface area contributed by atoms with Gasteiger partial charge in [0.15, 0.2) is 11.0 Å². The molecule has 0 saturated heterocycles. The molecule has 1 fully saturated rings. The summed E-state index contributed by atoms with van der Waals surface area (Å²) in [5.41, 5.74) is 0.683. The quantitative estimate of drug-likeness (QED) is 0.791. The second-order valence-corrected chi connectivity index (χ2v) is 4.59. The van der Waals surface area contributed by atoms with Crippen LogP contribution in [0.5, 0.6) is 0 Å². The van der Waals surface area contributed by atoms with Gasteiger partial charge in [0.25, 0.3) is 0 Å². The molecular weight excluding hydrogens is 240 g/mol. The Kier molecular flexibility index (Phi) is 3.69. The predicted octanol–water partition coefficient (Wildman–Crippen LogP) is 2.15. The number of methoxy groups -OCH3 is 1. The number of nitrogens with one attached hydrogen (secondary N) is 2. The van der Waals surface area contributed by atoms with E-state index >= 15 is 0 Å². The van der Waals surface area contributed by atoms with E-state index in [2.05, 4.69) is 20.6 Å². The van der Waals surface area contributed by atoms with Crippen molar-refractivity contribution in [3.63, 3.8) is 0 Å². The van der Waals surface area contributed by atoms with Gasteiger partial charge in [0, 0.05) is 20.7 Å². The molecule has 1 aliphatic carbocycles. The van der Waals surface area contributed by atoms with Crippen molar-refractivity contribution in [1.82, 2.24) is 9.97 Å². The number of nitrogens with zero attached hydrogens (tertiary/aromatic N) is 2. The van der Waals surface area contributed by atoms with Gasteiger partial charge in [-0.05, 0) is 19.3 Å². The summed E-state index contributed by atoms with van der Waals surface area (Å²) in [6, 6.07) is 0. The van der Waals surface area contributed by atoms with Crippen LogP contribution in [0.2, 0.25) is 5.15 Å². The minimum Gasteiger partial charge on any atom is -0.383 e. The third kappa shape index (κ3) is 2.45. The molecule has 6 heteroatoms. The highest BCUT2D eigenvalue weighted by molar-refractivity contribution is 6.32. The molecule has 0 bridgehead atoms. The number of hydrogen-bond donors (Lipinski definition) is 2. The molecule has 1 aliphatic rings. The van der Waals surface area contributed by atoms with Gasteiger partial charge < -0.3 is 15.4 Å². The molecule has 1 aromatic rings. The summed E-state index contributed by atoms with van der Waals surface area (Å²) >= 11 is 5.98. The molecule has 1 saturated carbocycles. The fourth-order valence-electron chi connectivity index (χ4n) is 1.99. The summed E-state index contributed by atoms with van der Waals surface area (Å²) < 4.78 is 5.54. The summed E-state index contributed by atoms with van der Waals surface area (Å²) in [4.78, 5) is 8.11. The third-order valence-corrected chi connectivity index (χ3v) is 3.61. The minimum absolute atomic E-state index is 0.0392. The molecule has 0 amide bonds. The van der Waals surface area contributed by atoms with E-state index in [1.165, 1.54) is 12.7 Å². The first-order valence-corrected chi connectivity index (χ1v) is 6.06. The van der Waals surface area contributed by atoms with Crippen LogP contribution >= 0.6 is 11.6 Å². The first-order valence-electron chi connectivity index (χ1n) is 5.68. The van der Waals surface area contributed by atoms with Crippen molar-refractivity contribution in [3.8, 4) is 0 Å². The van der Waals surface area contributed by atoms with E-state index in [0.29, 0.717) is 5.15 Å². The van der Waals surface area contributed by atoms with Crippen LogP contribution in [0.15, 0.2) is 6.33 Å². The molecule has 0 radical (unpaired) electrons. The van der Waals surface area contributed by atoms with E-state index in [1.54, 1.807) is 14.2 Å². The lowest BCUT2D eigenvalue weighted by Crippen LogP contribution is -2.45. The molecule has 17 heavy (non-hydrogen) atoms. The Balaban J connectivity index is 2.06. The van der Waals surface area contributed by atoms with Crippen LogP contribution in [0.1, 0.15) is 19.3 Å². The first kappa shape index (κ1) is 12.4. The molecule has 2 N–H and O–H groups in total. The van der Waals surface area contributed by atoms with Gasteiger partial charge >= 0.3 is 0 Å². The Morgan fingerprint density at radius 2 is 2.24 bits per heavy atom. The van der Waals surface area contributed by atoms with E-state index in [4.69, 9.17) is 16.3 Å². The Hall–Kier alpha value is -1.07. The largest absolute Gasteiger partial charge is 0.383 e. The van der Waals surface area contributed by atoms with Crippen LogP contribution in [0.3, 0.4) is 0 Å². The van der Waals surface area contributed by atoms with E-state index in [0.717, 1.165) is 30.9 Å². The average Bonchev–Trinajstić information content (AvgIpc) is 2.28. The van der Waals surface area contributed by atoms with Crippen molar-refractivity contribution in [2.45, 2.75) is 24.9 Å². The highest BCUT2D eigenvalue weighted by atomic mass is 35.5. The van der Waals surface area contributed by atoms with E-state index in [-0.39, 0.29) is 5.60 Å². The second-order valence-electron chi connectivity index (χ2n) is 4.23. The molecule has 0 atom stereocenters. The van der Waals surface area contributed by atoms with Gasteiger partial charge in [0.05, 0.1) is 5.60 Å². The molecule has 0 aliphatic heterocycles. The lowest BCUT2D eigenvalue weighted by molar-refractivity contribution is -0.0601. The van der Waals surface area contributed by atoms with E-state index in [1.807, 2.05) is 0 Å². The maximum Gasteiger partial charge on any atom is 0.157 e. The maximum atomic E-state index is 5.98. The third-order valence-electron chi connectivity index (χ3n) is 3.33. The Morgan fingerprint density at radius 3 is 2.76 bits per heavy atom. The molecule has 5 nitrogen and oxygen atoms in total. The van der Waals surface area contributed by atoms with Crippen molar-refractivity contribution in [2.75, 3.05) is 31.3 Å². The van der Waals surface area contributed by atoms with Gasteiger partial charge in [-0.1, -0.05) is 11.6 Å². The highest BCUT2D eigenvalue weighted by Crippen LogP contribution is 2.35. The molecule has 2 rings (SSSR count). The summed E-state index contributed by atoms with van der Waals surface area (Å²) in [6.07, 6.45) is 4.85. The van der Waals surface area contributed by atoms with Crippen molar-refractivity contribution >= 4 is 23.1 Å². The van der Waals surface area contributed by atoms with Gasteiger partial charge in [0.2, 0.25) is 0 Å². The summed E-state index contributed by atoms with van der Waals surface area (Å²) in [6.45, 7) is 0.742. The summed E-state index contributed by atoms with van der Waals surface area (Å²) in [7, 11) is 3.55. The SMILES string of the molecule is CNc1c(Cl)ncnc1NCC1(OC)CCC1. The van der Waals surface area contributed by atoms with Gasteiger partial charge in [0.1, 0.15) is 12.0 Å². The van der Waals surface area contributed by atoms with Crippen LogP contribution < -0.4 is 10.6 Å². The van der Waals surface area contributed by atoms with Gasteiger partial charge in [-0.15, -0.1) is 0 Å². The molecule has 0 spiro atoms. The topological polar surface area (TPSA) is 59.1 Å². The average molecular weight is 257 g/mol. The van der Waals surface area contributed by atoms with Crippen molar-refractivity contribution in [3.05, 3.63) is 11.5 Å². The molecular formula is C11H17ClN4O. The smallest absolute Gasteiger partial charge is 0.157 e. The Labute approximate surface area is 106 Å². The molecule has 94 valence electrons. The maximum absolute atomic E-state index is 5.98. The van der Waals surface area contributed by atoms with Crippen LogP contribution in [0, 0.1) is 0 Å². The zero-order valence-corrected chi connectivity index (χ0v) is 10.8. The van der Waals surface area contributed by atoms with Crippen LogP contribution in [-0.4, -0.2) is 36.3 Å². The molecule has 1 heterocycles. The first-order chi connectivity index (χ1) is 8.21. The highest BCUT2D eigenvalue weighted by Gasteiger charge is 2.36. The zero-order chi connectivity index (χ0) is 12.3. The number of anilines is 2. The van der Waals surface area contributed by atoms with Gasteiger partial charge in [-0.2, -0.15) is 0 Å². The number of hydrogen-bond acceptors (Lipinski definition) is 5. The van der Waals surface area contributed by atoms with Crippen LogP contribution in [-0.2, 0) is 4.74 Å². The monoisotopic (exact) mass is 256 g/mol. The lowest BCUT2D eigenvalue weighted by Gasteiger charge is -2.40. The number of ether oxygens (including phenoxy) is 1. The van der Waals surface area contributed by atoms with E-state index in [9.17, 15) is 0 Å². The van der Waals surface area contributed by atoms with Gasteiger partial charge in [-0.3, -0.25) is 0 Å². The standard InChI is InChI=1S/C11H17ClN4O/c1-13-8-9(12)15-7-16-10(8)14-6-11(17-2)4-3-5-11/h7,13H,3-6H2,1-2H3,(H,14,15,16). The fraction of sp³-hybridized carbons (Fsp3) is 0.636. The summed E-state index contributed by atoms with van der Waals surface area (Å²) in [5, 5.41) is 6.69. The molecule has 0 unspecified atom stereocenters. The van der Waals surface area contributed by atoms with Crippen molar-refractivity contribution < 1.29 is 4.74 Å². The predicted molar refractivity (Wildman–Crippen MR) is 68.7 cm³/mol. The Bertz CT molecular complexity index is 390. The van der Waals surface area contributed by atoms with E-state index < -0.39 is 0 Å². The fourth-order valence-corrected chi connectivity index (χ4v) is 2.22. The zero-order valence-electron chi connectivity index (χ0n) is 10.1.